The number of anilines is 1. The summed E-state index contributed by atoms with van der Waals surface area (Å²) >= 11 is 0. The lowest BCUT2D eigenvalue weighted by atomic mass is 9.99. The smallest absolute Gasteiger partial charge is 0.256 e. The first-order valence-electron chi connectivity index (χ1n) is 10.5. The Hall–Kier alpha value is -4.05. The minimum atomic E-state index is -0.155. The van der Waals surface area contributed by atoms with Crippen molar-refractivity contribution in [2.75, 3.05) is 12.4 Å². The highest BCUT2D eigenvalue weighted by Gasteiger charge is 2.14. The van der Waals surface area contributed by atoms with Gasteiger partial charge in [-0.15, -0.1) is 0 Å². The molecule has 0 aliphatic rings. The molecule has 0 heterocycles. The van der Waals surface area contributed by atoms with Crippen LogP contribution in [0.4, 0.5) is 5.69 Å². The van der Waals surface area contributed by atoms with Crippen LogP contribution in [0, 0.1) is 6.92 Å². The molecule has 0 atom stereocenters. The molecular weight excluding hydrogens is 398 g/mol. The second-order valence-electron chi connectivity index (χ2n) is 7.43. The van der Waals surface area contributed by atoms with Gasteiger partial charge in [-0.25, -0.2) is 0 Å². The van der Waals surface area contributed by atoms with Gasteiger partial charge in [0.2, 0.25) is 0 Å². The summed E-state index contributed by atoms with van der Waals surface area (Å²) in [5, 5.41) is 3.05. The predicted molar refractivity (Wildman–Crippen MR) is 128 cm³/mol. The minimum absolute atomic E-state index is 0.155. The van der Waals surface area contributed by atoms with E-state index in [0.29, 0.717) is 12.2 Å². The lowest BCUT2D eigenvalue weighted by Gasteiger charge is -2.15. The summed E-state index contributed by atoms with van der Waals surface area (Å²) in [5.74, 6) is 1.36. The van der Waals surface area contributed by atoms with E-state index in [9.17, 15) is 4.79 Å². The lowest BCUT2D eigenvalue weighted by molar-refractivity contribution is 0.102. The molecule has 0 aliphatic carbocycles. The van der Waals surface area contributed by atoms with Crippen LogP contribution in [0.3, 0.4) is 0 Å². The zero-order valence-corrected chi connectivity index (χ0v) is 18.2. The van der Waals surface area contributed by atoms with Gasteiger partial charge in [0.1, 0.15) is 18.1 Å². The average molecular weight is 424 g/mol. The molecule has 0 unspecified atom stereocenters. The lowest BCUT2D eigenvalue weighted by Crippen LogP contribution is -2.14. The first-order valence-corrected chi connectivity index (χ1v) is 10.5. The van der Waals surface area contributed by atoms with Crippen molar-refractivity contribution in [1.29, 1.82) is 0 Å². The van der Waals surface area contributed by atoms with Gasteiger partial charge in [0.15, 0.2) is 0 Å². The predicted octanol–water partition coefficient (Wildman–Crippen LogP) is 6.50. The van der Waals surface area contributed by atoms with E-state index in [1.54, 1.807) is 7.11 Å². The maximum atomic E-state index is 13.2. The van der Waals surface area contributed by atoms with Crippen molar-refractivity contribution in [3.63, 3.8) is 0 Å². The van der Waals surface area contributed by atoms with Gasteiger partial charge in [-0.3, -0.25) is 4.79 Å². The molecule has 0 aliphatic heterocycles. The Morgan fingerprint density at radius 1 is 0.844 bits per heavy atom. The Labute approximate surface area is 188 Å². The molecule has 0 radical (unpaired) electrons. The van der Waals surface area contributed by atoms with Crippen LogP contribution in [0.1, 0.15) is 21.5 Å². The van der Waals surface area contributed by atoms with Crippen molar-refractivity contribution in [2.24, 2.45) is 0 Å². The topological polar surface area (TPSA) is 47.6 Å². The van der Waals surface area contributed by atoms with Crippen LogP contribution in [-0.2, 0) is 6.61 Å². The molecule has 160 valence electrons. The summed E-state index contributed by atoms with van der Waals surface area (Å²) in [5.41, 5.74) is 5.14. The van der Waals surface area contributed by atoms with E-state index in [1.165, 1.54) is 0 Å². The molecule has 4 aromatic rings. The van der Waals surface area contributed by atoms with Gasteiger partial charge in [0.25, 0.3) is 5.91 Å². The van der Waals surface area contributed by atoms with Crippen molar-refractivity contribution < 1.29 is 14.3 Å². The van der Waals surface area contributed by atoms with E-state index in [2.05, 4.69) is 5.32 Å². The molecule has 1 N–H and O–H groups in total. The molecular formula is C28H25NO3. The Morgan fingerprint density at radius 3 is 2.41 bits per heavy atom. The fraction of sp³-hybridized carbons (Fsp3) is 0.107. The highest BCUT2D eigenvalue weighted by Crippen LogP contribution is 2.29. The fourth-order valence-corrected chi connectivity index (χ4v) is 3.57. The van der Waals surface area contributed by atoms with Crippen LogP contribution in [0.15, 0.2) is 97.1 Å². The summed E-state index contributed by atoms with van der Waals surface area (Å²) in [4.78, 5) is 13.2. The Kier molecular flexibility index (Phi) is 6.52. The zero-order valence-electron chi connectivity index (χ0n) is 18.2. The first-order chi connectivity index (χ1) is 15.7. The summed E-state index contributed by atoms with van der Waals surface area (Å²) in [6, 6.07) is 31.0. The van der Waals surface area contributed by atoms with Gasteiger partial charge in [-0.05, 0) is 53.9 Å². The maximum Gasteiger partial charge on any atom is 0.256 e. The highest BCUT2D eigenvalue weighted by molar-refractivity contribution is 6.09. The number of hydrogen-bond donors (Lipinski definition) is 1. The van der Waals surface area contributed by atoms with E-state index < -0.39 is 0 Å². The molecule has 4 heteroatoms. The van der Waals surface area contributed by atoms with Crippen LogP contribution in [-0.4, -0.2) is 13.0 Å². The van der Waals surface area contributed by atoms with Gasteiger partial charge in [0, 0.05) is 16.8 Å². The van der Waals surface area contributed by atoms with Crippen LogP contribution >= 0.6 is 0 Å². The first kappa shape index (κ1) is 21.2. The number of carbonyl (C=O) groups is 1. The Morgan fingerprint density at radius 2 is 1.59 bits per heavy atom. The van der Waals surface area contributed by atoms with Gasteiger partial charge >= 0.3 is 0 Å². The molecule has 0 saturated carbocycles. The second kappa shape index (κ2) is 9.84. The van der Waals surface area contributed by atoms with Crippen molar-refractivity contribution in [3.8, 4) is 22.6 Å². The number of rotatable bonds is 7. The van der Waals surface area contributed by atoms with Gasteiger partial charge in [-0.1, -0.05) is 66.7 Å². The quantitative estimate of drug-likeness (QED) is 0.369. The van der Waals surface area contributed by atoms with Crippen LogP contribution in [0.2, 0.25) is 0 Å². The number of nitrogens with one attached hydrogen (secondary N) is 1. The monoisotopic (exact) mass is 423 g/mol. The molecule has 4 nitrogen and oxygen atoms in total. The number of carbonyl (C=O) groups excluding carboxylic acids is 1. The summed E-state index contributed by atoms with van der Waals surface area (Å²) in [6.45, 7) is 2.35. The number of hydrogen-bond acceptors (Lipinski definition) is 3. The van der Waals surface area contributed by atoms with Gasteiger partial charge in [-0.2, -0.15) is 0 Å². The normalized spacial score (nSPS) is 10.4. The standard InChI is InChI=1S/C28H25NO3/c1-20-26(16-9-17-27(20)32-19-21-10-8-13-23(18-21)31-2)29-28(30)25-15-7-6-14-24(25)22-11-4-3-5-12-22/h3-18H,19H2,1-2H3,(H,29,30). The van der Waals surface area contributed by atoms with Crippen molar-refractivity contribution in [2.45, 2.75) is 13.5 Å². The van der Waals surface area contributed by atoms with Crippen molar-refractivity contribution >= 4 is 11.6 Å². The van der Waals surface area contributed by atoms with Crippen LogP contribution < -0.4 is 14.8 Å². The largest absolute Gasteiger partial charge is 0.497 e. The third-order valence-corrected chi connectivity index (χ3v) is 5.32. The molecule has 32 heavy (non-hydrogen) atoms. The molecule has 4 rings (SSSR count). The van der Waals surface area contributed by atoms with Crippen LogP contribution in [0.5, 0.6) is 11.5 Å². The van der Waals surface area contributed by atoms with E-state index in [0.717, 1.165) is 39.4 Å². The molecule has 4 aromatic carbocycles. The average Bonchev–Trinajstić information content (AvgIpc) is 2.85. The number of ether oxygens (including phenoxy) is 2. The minimum Gasteiger partial charge on any atom is -0.497 e. The van der Waals surface area contributed by atoms with Crippen molar-refractivity contribution in [3.05, 3.63) is 114 Å². The van der Waals surface area contributed by atoms with E-state index >= 15 is 0 Å². The van der Waals surface area contributed by atoms with Gasteiger partial charge in [0.05, 0.1) is 7.11 Å². The van der Waals surface area contributed by atoms with Crippen LogP contribution in [0.25, 0.3) is 11.1 Å². The van der Waals surface area contributed by atoms with E-state index in [-0.39, 0.29) is 5.91 Å². The highest BCUT2D eigenvalue weighted by atomic mass is 16.5. The van der Waals surface area contributed by atoms with E-state index in [1.807, 2.05) is 104 Å². The summed E-state index contributed by atoms with van der Waals surface area (Å²) in [7, 11) is 1.65. The molecule has 0 fully saturated rings. The summed E-state index contributed by atoms with van der Waals surface area (Å²) < 4.78 is 11.3. The summed E-state index contributed by atoms with van der Waals surface area (Å²) in [6.07, 6.45) is 0. The van der Waals surface area contributed by atoms with E-state index in [4.69, 9.17) is 9.47 Å². The maximum absolute atomic E-state index is 13.2. The Balaban J connectivity index is 1.53. The zero-order chi connectivity index (χ0) is 22.3. The molecule has 0 aromatic heterocycles. The fourth-order valence-electron chi connectivity index (χ4n) is 3.57. The number of benzene rings is 4. The number of amides is 1. The molecule has 0 bridgehead atoms. The van der Waals surface area contributed by atoms with Gasteiger partial charge < -0.3 is 14.8 Å². The van der Waals surface area contributed by atoms with Crippen molar-refractivity contribution in [1.82, 2.24) is 0 Å². The third-order valence-electron chi connectivity index (χ3n) is 5.32. The number of methoxy groups -OCH3 is 1. The molecule has 0 saturated heterocycles. The molecule has 0 spiro atoms. The SMILES string of the molecule is COc1cccc(COc2cccc(NC(=O)c3ccccc3-c3ccccc3)c2C)c1. The third kappa shape index (κ3) is 4.81. The Bertz CT molecular complexity index is 1220. The molecule has 1 amide bonds. The second-order valence-corrected chi connectivity index (χ2v) is 7.43.